The van der Waals surface area contributed by atoms with Gasteiger partial charge in [0.1, 0.15) is 5.82 Å². The molecule has 164 valence electrons. The Labute approximate surface area is 190 Å². The van der Waals surface area contributed by atoms with Gasteiger partial charge in [0.05, 0.1) is 16.9 Å². The first-order valence-corrected chi connectivity index (χ1v) is 11.0. The summed E-state index contributed by atoms with van der Waals surface area (Å²) in [6.45, 7) is 0.456. The molecule has 0 fully saturated rings. The Balaban J connectivity index is 1.37. The first-order chi connectivity index (χ1) is 16.2. The lowest BCUT2D eigenvalue weighted by Crippen LogP contribution is -2.22. The zero-order chi connectivity index (χ0) is 22.6. The largest absolute Gasteiger partial charge is 0.353 e. The van der Waals surface area contributed by atoms with Crippen LogP contribution in [0.5, 0.6) is 0 Å². The first kappa shape index (κ1) is 20.8. The molecule has 2 N–H and O–H groups in total. The van der Waals surface area contributed by atoms with Gasteiger partial charge in [-0.3, -0.25) is 9.78 Å². The number of amides is 1. The normalized spacial score (nSPS) is 11.2. The Morgan fingerprint density at radius 2 is 1.94 bits per heavy atom. The topological polar surface area (TPSA) is 70.7 Å². The fraction of sp³-hybridized carbons (Fsp3) is 0.148. The lowest BCUT2D eigenvalue weighted by Gasteiger charge is -2.07. The molecule has 3 aromatic heterocycles. The number of nitrogens with zero attached hydrogens (tertiary/aromatic N) is 2. The molecule has 0 saturated heterocycles. The number of hydrogen-bond donors (Lipinski definition) is 2. The summed E-state index contributed by atoms with van der Waals surface area (Å²) in [5, 5.41) is 4.83. The molecule has 0 unspecified atom stereocenters. The lowest BCUT2D eigenvalue weighted by atomic mass is 10.0. The second-order valence-electron chi connectivity index (χ2n) is 8.05. The summed E-state index contributed by atoms with van der Waals surface area (Å²) >= 11 is 0. The first-order valence-electron chi connectivity index (χ1n) is 11.0. The summed E-state index contributed by atoms with van der Waals surface area (Å²) in [5.74, 6) is -0.301. The molecule has 0 radical (unpaired) electrons. The van der Waals surface area contributed by atoms with E-state index in [-0.39, 0.29) is 11.7 Å². The molecule has 1 amide bonds. The van der Waals surface area contributed by atoms with E-state index in [2.05, 4.69) is 15.3 Å². The van der Waals surface area contributed by atoms with Gasteiger partial charge in [0.2, 0.25) is 5.91 Å². The highest BCUT2D eigenvalue weighted by atomic mass is 19.1. The number of halogens is 1. The van der Waals surface area contributed by atoms with Gasteiger partial charge < -0.3 is 10.3 Å². The lowest BCUT2D eigenvalue weighted by molar-refractivity contribution is -0.121. The van der Waals surface area contributed by atoms with Crippen molar-refractivity contribution in [3.63, 3.8) is 0 Å². The van der Waals surface area contributed by atoms with E-state index in [4.69, 9.17) is 4.98 Å². The third kappa shape index (κ3) is 4.60. The van der Waals surface area contributed by atoms with Gasteiger partial charge in [-0.05, 0) is 60.4 Å². The van der Waals surface area contributed by atoms with Gasteiger partial charge in [-0.15, -0.1) is 0 Å². The van der Waals surface area contributed by atoms with Gasteiger partial charge in [0.25, 0.3) is 0 Å². The molecule has 33 heavy (non-hydrogen) atoms. The molecule has 2 aromatic carbocycles. The Kier molecular flexibility index (Phi) is 5.81. The monoisotopic (exact) mass is 438 g/mol. The number of H-pyrrole nitrogens is 1. The number of carbonyl (C=O) groups excluding carboxylic acids is 1. The molecule has 5 nitrogen and oxygen atoms in total. The highest BCUT2D eigenvalue weighted by Crippen LogP contribution is 2.32. The summed E-state index contributed by atoms with van der Waals surface area (Å²) < 4.78 is 14.0. The van der Waals surface area contributed by atoms with E-state index in [0.717, 1.165) is 44.3 Å². The van der Waals surface area contributed by atoms with E-state index >= 15 is 0 Å². The molecule has 0 aliphatic heterocycles. The Hall–Kier alpha value is -4.06. The predicted octanol–water partition coefficient (Wildman–Crippen LogP) is 5.56. The van der Waals surface area contributed by atoms with Gasteiger partial charge in [-0.25, -0.2) is 9.37 Å². The van der Waals surface area contributed by atoms with E-state index in [1.807, 2.05) is 48.5 Å². The van der Waals surface area contributed by atoms with Crippen LogP contribution in [0.3, 0.4) is 0 Å². The van der Waals surface area contributed by atoms with E-state index in [1.54, 1.807) is 24.5 Å². The molecule has 0 aliphatic rings. The molecule has 5 aromatic rings. The molecular formula is C27H23FN4O. The van der Waals surface area contributed by atoms with Crippen molar-refractivity contribution in [1.29, 1.82) is 0 Å². The SMILES string of the molecule is O=C(CCCc1c(-c2ccc3ccccc3n2)[nH]c2ccc(F)cc12)NCc1cccnc1. The maximum atomic E-state index is 14.0. The number of pyridine rings is 2. The van der Waals surface area contributed by atoms with Crippen molar-refractivity contribution in [3.05, 3.63) is 96.1 Å². The molecule has 3 heterocycles. The number of nitrogens with one attached hydrogen (secondary N) is 2. The van der Waals surface area contributed by atoms with E-state index in [9.17, 15) is 9.18 Å². The standard InChI is InChI=1S/C27H23FN4O/c28-20-11-13-24-22(15-20)21(7-3-9-26(33)30-17-18-5-4-14-29-16-18)27(32-24)25-12-10-19-6-1-2-8-23(19)31-25/h1-2,4-6,8,10-16,32H,3,7,9,17H2,(H,30,33). The maximum absolute atomic E-state index is 14.0. The molecule has 0 saturated carbocycles. The van der Waals surface area contributed by atoms with Crippen LogP contribution in [0.25, 0.3) is 33.2 Å². The van der Waals surface area contributed by atoms with Crippen molar-refractivity contribution in [1.82, 2.24) is 20.3 Å². The van der Waals surface area contributed by atoms with Crippen LogP contribution in [-0.4, -0.2) is 20.9 Å². The molecule has 0 atom stereocenters. The van der Waals surface area contributed by atoms with Crippen molar-refractivity contribution in [2.75, 3.05) is 0 Å². The van der Waals surface area contributed by atoms with Crippen molar-refractivity contribution < 1.29 is 9.18 Å². The predicted molar refractivity (Wildman–Crippen MR) is 128 cm³/mol. The minimum absolute atomic E-state index is 0.0183. The fourth-order valence-electron chi connectivity index (χ4n) is 4.12. The van der Waals surface area contributed by atoms with Crippen molar-refractivity contribution in [2.24, 2.45) is 0 Å². The van der Waals surface area contributed by atoms with Crippen molar-refractivity contribution in [3.8, 4) is 11.4 Å². The average Bonchev–Trinajstić information content (AvgIpc) is 3.20. The van der Waals surface area contributed by atoms with Crippen LogP contribution in [0, 0.1) is 5.82 Å². The number of benzene rings is 2. The smallest absolute Gasteiger partial charge is 0.220 e. The Morgan fingerprint density at radius 1 is 1.03 bits per heavy atom. The van der Waals surface area contributed by atoms with Crippen LogP contribution in [0.2, 0.25) is 0 Å². The molecular weight excluding hydrogens is 415 g/mol. The van der Waals surface area contributed by atoms with Crippen LogP contribution in [0.4, 0.5) is 4.39 Å². The van der Waals surface area contributed by atoms with Gasteiger partial charge >= 0.3 is 0 Å². The van der Waals surface area contributed by atoms with Crippen molar-refractivity contribution in [2.45, 2.75) is 25.8 Å². The average molecular weight is 439 g/mol. The van der Waals surface area contributed by atoms with Gasteiger partial charge in [-0.2, -0.15) is 0 Å². The zero-order valence-electron chi connectivity index (χ0n) is 18.0. The minimum Gasteiger partial charge on any atom is -0.353 e. The Bertz CT molecular complexity index is 1430. The number of aromatic amines is 1. The zero-order valence-corrected chi connectivity index (χ0v) is 18.0. The maximum Gasteiger partial charge on any atom is 0.220 e. The summed E-state index contributed by atoms with van der Waals surface area (Å²) in [6, 6.07) is 20.5. The van der Waals surface area contributed by atoms with Gasteiger partial charge in [-0.1, -0.05) is 30.3 Å². The second-order valence-corrected chi connectivity index (χ2v) is 8.05. The van der Waals surface area contributed by atoms with Gasteiger partial charge in [0, 0.05) is 41.6 Å². The molecule has 6 heteroatoms. The number of aryl methyl sites for hydroxylation is 1. The second kappa shape index (κ2) is 9.20. The van der Waals surface area contributed by atoms with Crippen LogP contribution >= 0.6 is 0 Å². The van der Waals surface area contributed by atoms with E-state index < -0.39 is 0 Å². The number of para-hydroxylation sites is 1. The third-order valence-corrected chi connectivity index (χ3v) is 5.77. The third-order valence-electron chi connectivity index (χ3n) is 5.77. The minimum atomic E-state index is -0.282. The number of fused-ring (bicyclic) bond motifs is 2. The highest BCUT2D eigenvalue weighted by Gasteiger charge is 2.16. The van der Waals surface area contributed by atoms with E-state index in [0.29, 0.717) is 25.8 Å². The Morgan fingerprint density at radius 3 is 2.82 bits per heavy atom. The highest BCUT2D eigenvalue weighted by molar-refractivity contribution is 5.91. The molecule has 0 spiro atoms. The molecule has 0 bridgehead atoms. The number of aromatic nitrogens is 3. The van der Waals surface area contributed by atoms with Crippen LogP contribution in [0.1, 0.15) is 24.0 Å². The van der Waals surface area contributed by atoms with Crippen LogP contribution in [-0.2, 0) is 17.8 Å². The quantitative estimate of drug-likeness (QED) is 0.350. The summed E-state index contributed by atoms with van der Waals surface area (Å²) in [5.41, 5.74) is 5.38. The summed E-state index contributed by atoms with van der Waals surface area (Å²) in [4.78, 5) is 24.7. The van der Waals surface area contributed by atoms with Crippen LogP contribution < -0.4 is 5.32 Å². The van der Waals surface area contributed by atoms with Crippen molar-refractivity contribution >= 4 is 27.7 Å². The van der Waals surface area contributed by atoms with Crippen LogP contribution in [0.15, 0.2) is 79.1 Å². The fourth-order valence-corrected chi connectivity index (χ4v) is 4.12. The number of hydrogen-bond acceptors (Lipinski definition) is 3. The van der Waals surface area contributed by atoms with E-state index in [1.165, 1.54) is 6.07 Å². The number of rotatable bonds is 7. The molecule has 0 aliphatic carbocycles. The molecule has 5 rings (SSSR count). The number of carbonyl (C=O) groups is 1. The summed E-state index contributed by atoms with van der Waals surface area (Å²) in [6.07, 6.45) is 5.10. The summed E-state index contributed by atoms with van der Waals surface area (Å²) in [7, 11) is 0. The van der Waals surface area contributed by atoms with Gasteiger partial charge in [0.15, 0.2) is 0 Å².